The van der Waals surface area contributed by atoms with Gasteiger partial charge >= 0.3 is 6.18 Å². The Kier molecular flexibility index (Phi) is 5.13. The van der Waals surface area contributed by atoms with E-state index in [1.807, 2.05) is 31.2 Å². The van der Waals surface area contributed by atoms with Gasteiger partial charge in [-0.3, -0.25) is 0 Å². The number of halogens is 4. The minimum atomic E-state index is -4.74. The third kappa shape index (κ3) is 2.97. The van der Waals surface area contributed by atoms with Gasteiger partial charge in [-0.2, -0.15) is 13.2 Å². The predicted octanol–water partition coefficient (Wildman–Crippen LogP) is 4.16. The van der Waals surface area contributed by atoms with Crippen molar-refractivity contribution in [3.63, 3.8) is 0 Å². The Labute approximate surface area is 143 Å². The Morgan fingerprint density at radius 1 is 1.08 bits per heavy atom. The second-order valence-electron chi connectivity index (χ2n) is 5.55. The lowest BCUT2D eigenvalue weighted by Crippen LogP contribution is -2.38. The molecule has 0 saturated carbocycles. The van der Waals surface area contributed by atoms with Crippen LogP contribution in [0.25, 0.3) is 21.8 Å². The Hall–Kier alpha value is -1.76. The van der Waals surface area contributed by atoms with Gasteiger partial charge in [0.1, 0.15) is 0 Å². The zero-order valence-electron chi connectivity index (χ0n) is 12.9. The largest absolute Gasteiger partial charge is 0.416 e. The summed E-state index contributed by atoms with van der Waals surface area (Å²) >= 11 is 0. The molecular formula is C17H18ClF3N2O. The summed E-state index contributed by atoms with van der Waals surface area (Å²) in [6.45, 7) is 2.76. The van der Waals surface area contributed by atoms with Crippen LogP contribution in [0.15, 0.2) is 42.5 Å². The summed E-state index contributed by atoms with van der Waals surface area (Å²) < 4.78 is 40.1. The highest BCUT2D eigenvalue weighted by molar-refractivity contribution is 6.08. The molecular weight excluding hydrogens is 341 g/mol. The molecule has 0 radical (unpaired) electrons. The minimum Gasteiger partial charge on any atom is -0.382 e. The number of aromatic nitrogens is 1. The monoisotopic (exact) mass is 358 g/mol. The highest BCUT2D eigenvalue weighted by Crippen LogP contribution is 2.33. The van der Waals surface area contributed by atoms with Crippen LogP contribution in [-0.4, -0.2) is 22.0 Å². The first-order chi connectivity index (χ1) is 10.8. The van der Waals surface area contributed by atoms with E-state index in [4.69, 9.17) is 5.73 Å². The molecule has 0 spiro atoms. The average Bonchev–Trinajstić information content (AvgIpc) is 2.85. The fourth-order valence-electron chi connectivity index (χ4n) is 3.01. The van der Waals surface area contributed by atoms with Gasteiger partial charge in [0.05, 0.1) is 6.04 Å². The molecule has 3 rings (SSSR count). The third-order valence-electron chi connectivity index (χ3n) is 4.17. The van der Waals surface area contributed by atoms with Gasteiger partial charge in [0.25, 0.3) is 0 Å². The smallest absolute Gasteiger partial charge is 0.382 e. The molecule has 0 bridgehead atoms. The first-order valence-corrected chi connectivity index (χ1v) is 7.36. The van der Waals surface area contributed by atoms with Gasteiger partial charge in [-0.1, -0.05) is 24.3 Å². The lowest BCUT2D eigenvalue weighted by Gasteiger charge is -2.21. The zero-order valence-corrected chi connectivity index (χ0v) is 13.7. The highest BCUT2D eigenvalue weighted by atomic mass is 35.5. The van der Waals surface area contributed by atoms with Crippen LogP contribution in [0.1, 0.15) is 18.5 Å². The maximum absolute atomic E-state index is 12.7. The molecule has 1 aromatic heterocycles. The highest BCUT2D eigenvalue weighted by Gasteiger charge is 2.42. The molecule has 2 aromatic carbocycles. The van der Waals surface area contributed by atoms with Gasteiger partial charge in [-0.25, -0.2) is 0 Å². The lowest BCUT2D eigenvalue weighted by molar-refractivity contribution is -0.210. The molecule has 1 heterocycles. The molecule has 0 amide bonds. The first kappa shape index (κ1) is 18.6. The summed E-state index contributed by atoms with van der Waals surface area (Å²) in [5, 5.41) is 11.2. The van der Waals surface area contributed by atoms with E-state index in [9.17, 15) is 18.3 Å². The number of hydrogen-bond acceptors (Lipinski definition) is 2. The number of nitrogens with zero attached hydrogens (tertiary/aromatic N) is 1. The van der Waals surface area contributed by atoms with Crippen molar-refractivity contribution < 1.29 is 18.3 Å². The van der Waals surface area contributed by atoms with Crippen LogP contribution in [0.3, 0.4) is 0 Å². The molecule has 130 valence electrons. The Morgan fingerprint density at radius 3 is 2.33 bits per heavy atom. The van der Waals surface area contributed by atoms with Crippen LogP contribution >= 0.6 is 12.4 Å². The predicted molar refractivity (Wildman–Crippen MR) is 91.4 cm³/mol. The third-order valence-corrected chi connectivity index (χ3v) is 4.17. The maximum atomic E-state index is 12.7. The molecule has 3 nitrogen and oxygen atoms in total. The molecule has 0 fully saturated rings. The van der Waals surface area contributed by atoms with Gasteiger partial charge in [0, 0.05) is 28.4 Å². The fourth-order valence-corrected chi connectivity index (χ4v) is 3.01. The van der Waals surface area contributed by atoms with Crippen LogP contribution in [-0.2, 0) is 6.54 Å². The molecule has 2 atom stereocenters. The van der Waals surface area contributed by atoms with Gasteiger partial charge in [-0.15, -0.1) is 12.4 Å². The second-order valence-corrected chi connectivity index (χ2v) is 5.55. The summed E-state index contributed by atoms with van der Waals surface area (Å²) in [4.78, 5) is 0. The first-order valence-electron chi connectivity index (χ1n) is 7.36. The second kappa shape index (κ2) is 6.63. The average molecular weight is 359 g/mol. The van der Waals surface area contributed by atoms with Crippen molar-refractivity contribution >= 4 is 34.2 Å². The molecule has 0 saturated heterocycles. The summed E-state index contributed by atoms with van der Waals surface area (Å²) in [5.74, 6) is 0. The summed E-state index contributed by atoms with van der Waals surface area (Å²) in [5.41, 5.74) is 7.84. The van der Waals surface area contributed by atoms with Crippen molar-refractivity contribution in [3.05, 3.63) is 48.0 Å². The molecule has 3 N–H and O–H groups in total. The summed E-state index contributed by atoms with van der Waals surface area (Å²) in [7, 11) is 0. The normalized spacial score (nSPS) is 14.6. The topological polar surface area (TPSA) is 51.2 Å². The standard InChI is InChI=1S/C17H17F3N2O.ClH/c1-2-22-13-6-4-3-5-11(13)12-9-10(7-8-14(12)22)15(21)16(23)17(18,19)20;/h3-9,15-16,23H,2,21H2,1H3;1H/t15-,16-;/m0./s1. The van der Waals surface area contributed by atoms with Crippen molar-refractivity contribution in [1.82, 2.24) is 4.57 Å². The SMILES string of the molecule is CCn1c2ccccc2c2cc([C@H](N)[C@H](O)C(F)(F)F)ccc21.Cl. The number of aliphatic hydroxyl groups excluding tert-OH is 1. The molecule has 0 aliphatic carbocycles. The molecule has 0 unspecified atom stereocenters. The number of nitrogens with two attached hydrogens (primary N) is 1. The van der Waals surface area contributed by atoms with Gasteiger partial charge in [-0.05, 0) is 30.7 Å². The van der Waals surface area contributed by atoms with E-state index in [0.29, 0.717) is 0 Å². The van der Waals surface area contributed by atoms with E-state index in [0.717, 1.165) is 28.4 Å². The van der Waals surface area contributed by atoms with Gasteiger partial charge in [0.2, 0.25) is 0 Å². The quantitative estimate of drug-likeness (QED) is 0.738. The van der Waals surface area contributed by atoms with Crippen LogP contribution < -0.4 is 5.73 Å². The van der Waals surface area contributed by atoms with E-state index < -0.39 is 18.3 Å². The van der Waals surface area contributed by atoms with Crippen LogP contribution in [0.2, 0.25) is 0 Å². The Morgan fingerprint density at radius 2 is 1.71 bits per heavy atom. The van der Waals surface area contributed by atoms with Crippen LogP contribution in [0.5, 0.6) is 0 Å². The minimum absolute atomic E-state index is 0. The number of benzene rings is 2. The fraction of sp³-hybridized carbons (Fsp3) is 0.294. The van der Waals surface area contributed by atoms with Crippen molar-refractivity contribution in [2.45, 2.75) is 31.8 Å². The van der Waals surface area contributed by atoms with E-state index >= 15 is 0 Å². The van der Waals surface area contributed by atoms with Crippen molar-refractivity contribution in [3.8, 4) is 0 Å². The van der Waals surface area contributed by atoms with E-state index in [-0.39, 0.29) is 18.0 Å². The maximum Gasteiger partial charge on any atom is 0.416 e. The van der Waals surface area contributed by atoms with E-state index in [1.165, 1.54) is 0 Å². The number of aliphatic hydroxyl groups is 1. The Balaban J connectivity index is 0.00000208. The molecule has 0 aliphatic heterocycles. The van der Waals surface area contributed by atoms with Crippen molar-refractivity contribution in [2.24, 2.45) is 5.73 Å². The zero-order chi connectivity index (χ0) is 16.8. The molecule has 0 aliphatic rings. The van der Waals surface area contributed by atoms with Crippen LogP contribution in [0.4, 0.5) is 13.2 Å². The number of alkyl halides is 3. The number of rotatable bonds is 3. The molecule has 3 aromatic rings. The summed E-state index contributed by atoms with van der Waals surface area (Å²) in [6, 6.07) is 11.2. The van der Waals surface area contributed by atoms with Crippen molar-refractivity contribution in [1.29, 1.82) is 0 Å². The molecule has 24 heavy (non-hydrogen) atoms. The van der Waals surface area contributed by atoms with Gasteiger partial charge in [0.15, 0.2) is 6.10 Å². The van der Waals surface area contributed by atoms with Crippen molar-refractivity contribution in [2.75, 3.05) is 0 Å². The van der Waals surface area contributed by atoms with E-state index in [2.05, 4.69) is 4.57 Å². The number of para-hydroxylation sites is 1. The van der Waals surface area contributed by atoms with Crippen LogP contribution in [0, 0.1) is 0 Å². The number of hydrogen-bond donors (Lipinski definition) is 2. The van der Waals surface area contributed by atoms with Gasteiger partial charge < -0.3 is 15.4 Å². The molecule has 7 heteroatoms. The van der Waals surface area contributed by atoms with E-state index in [1.54, 1.807) is 18.2 Å². The summed E-state index contributed by atoms with van der Waals surface area (Å²) in [6.07, 6.45) is -7.33. The number of fused-ring (bicyclic) bond motifs is 3. The number of aryl methyl sites for hydroxylation is 1. The lowest BCUT2D eigenvalue weighted by atomic mass is 9.99. The Bertz CT molecular complexity index is 860.